The monoisotopic (exact) mass is 547 g/mol. The highest BCUT2D eigenvalue weighted by molar-refractivity contribution is 6.00. The third kappa shape index (κ3) is 8.22. The summed E-state index contributed by atoms with van der Waals surface area (Å²) in [5.41, 5.74) is 9.78. The number of aryl methyl sites for hydroxylation is 2. The first kappa shape index (κ1) is 30.5. The van der Waals surface area contributed by atoms with Gasteiger partial charge in [-0.15, -0.1) is 6.42 Å². The van der Waals surface area contributed by atoms with Crippen LogP contribution in [0.4, 0.5) is 8.78 Å². The molecule has 0 aliphatic rings. The molecule has 8 heteroatoms. The highest BCUT2D eigenvalue weighted by Crippen LogP contribution is 2.18. The second-order valence-electron chi connectivity index (χ2n) is 10.0. The maximum Gasteiger partial charge on any atom is 0.254 e. The maximum atomic E-state index is 13.8. The average Bonchev–Trinajstić information content (AvgIpc) is 2.91. The second-order valence-corrected chi connectivity index (χ2v) is 10.0. The van der Waals surface area contributed by atoms with E-state index in [0.717, 1.165) is 35.7 Å². The van der Waals surface area contributed by atoms with E-state index in [-0.39, 0.29) is 37.5 Å². The van der Waals surface area contributed by atoms with Gasteiger partial charge in [0.05, 0.1) is 12.6 Å². The molecule has 0 aromatic heterocycles. The number of aliphatic hydroxyl groups excluding tert-OH is 1. The number of hydrogen-bond donors (Lipinski definition) is 2. The highest BCUT2D eigenvalue weighted by Gasteiger charge is 2.25. The van der Waals surface area contributed by atoms with Crippen molar-refractivity contribution in [2.45, 2.75) is 45.4 Å². The molecule has 0 radical (unpaired) electrons. The molecule has 0 saturated heterocycles. The predicted octanol–water partition coefficient (Wildman–Crippen LogP) is 4.11. The molecule has 0 heterocycles. The van der Waals surface area contributed by atoms with Gasteiger partial charge in [0, 0.05) is 43.4 Å². The summed E-state index contributed by atoms with van der Waals surface area (Å²) in [6, 6.07) is 14.8. The van der Waals surface area contributed by atoms with Crippen LogP contribution >= 0.6 is 0 Å². The summed E-state index contributed by atoms with van der Waals surface area (Å²) in [6.07, 6.45) is 4.97. The van der Waals surface area contributed by atoms with E-state index in [1.807, 2.05) is 31.2 Å². The number of hydrogen-bond acceptors (Lipinski definition) is 4. The Morgan fingerprint density at radius 2 is 1.60 bits per heavy atom. The van der Waals surface area contributed by atoms with Crippen molar-refractivity contribution in [3.8, 4) is 12.3 Å². The molecule has 210 valence electrons. The first-order chi connectivity index (χ1) is 19.0. The van der Waals surface area contributed by atoms with Gasteiger partial charge in [-0.2, -0.15) is 0 Å². The molecule has 3 N–H and O–H groups in total. The number of halogens is 2. The summed E-state index contributed by atoms with van der Waals surface area (Å²) in [7, 11) is 1.58. The van der Waals surface area contributed by atoms with E-state index >= 15 is 0 Å². The lowest BCUT2D eigenvalue weighted by Crippen LogP contribution is -2.46. The number of rotatable bonds is 11. The fraction of sp³-hybridized carbons (Fsp3) is 0.312. The molecule has 0 unspecified atom stereocenters. The minimum absolute atomic E-state index is 0.00774. The largest absolute Gasteiger partial charge is 0.390 e. The summed E-state index contributed by atoms with van der Waals surface area (Å²) < 4.78 is 27.3. The summed E-state index contributed by atoms with van der Waals surface area (Å²) in [6.45, 7) is 3.98. The molecule has 2 amide bonds. The molecule has 0 aliphatic heterocycles. The molecule has 0 spiro atoms. The second kappa shape index (κ2) is 13.8. The number of terminal acetylenes is 1. The van der Waals surface area contributed by atoms with E-state index in [2.05, 4.69) is 5.92 Å². The predicted molar refractivity (Wildman–Crippen MR) is 152 cm³/mol. The molecule has 0 fully saturated rings. The Morgan fingerprint density at radius 1 is 0.975 bits per heavy atom. The molecule has 3 aromatic rings. The molecule has 6 nitrogen and oxygen atoms in total. The van der Waals surface area contributed by atoms with Gasteiger partial charge in [0.1, 0.15) is 11.6 Å². The van der Waals surface area contributed by atoms with E-state index in [1.54, 1.807) is 26.1 Å². The molecule has 0 saturated carbocycles. The van der Waals surface area contributed by atoms with Gasteiger partial charge in [-0.3, -0.25) is 9.59 Å². The van der Waals surface area contributed by atoms with Gasteiger partial charge in [0.25, 0.3) is 11.8 Å². The van der Waals surface area contributed by atoms with Crippen LogP contribution in [0.1, 0.15) is 49.9 Å². The smallest absolute Gasteiger partial charge is 0.254 e. The lowest BCUT2D eigenvalue weighted by atomic mass is 10.00. The third-order valence-electron chi connectivity index (χ3n) is 6.60. The number of nitrogens with zero attached hydrogens (tertiary/aromatic N) is 2. The van der Waals surface area contributed by atoms with Crippen LogP contribution in [0.5, 0.6) is 0 Å². The van der Waals surface area contributed by atoms with Crippen molar-refractivity contribution in [3.63, 3.8) is 0 Å². The lowest BCUT2D eigenvalue weighted by molar-refractivity contribution is 0.0554. The zero-order valence-corrected chi connectivity index (χ0v) is 23.0. The zero-order valence-electron chi connectivity index (χ0n) is 23.0. The van der Waals surface area contributed by atoms with Crippen LogP contribution in [0.2, 0.25) is 0 Å². The van der Waals surface area contributed by atoms with Crippen LogP contribution in [-0.4, -0.2) is 59.0 Å². The van der Waals surface area contributed by atoms with E-state index < -0.39 is 29.7 Å². The molecule has 3 rings (SSSR count). The molecule has 40 heavy (non-hydrogen) atoms. The van der Waals surface area contributed by atoms with Gasteiger partial charge in [0.15, 0.2) is 0 Å². The Balaban J connectivity index is 1.90. The van der Waals surface area contributed by atoms with Crippen LogP contribution in [-0.2, 0) is 19.4 Å². The van der Waals surface area contributed by atoms with E-state index in [9.17, 15) is 23.5 Å². The molecular weight excluding hydrogens is 512 g/mol. The number of benzene rings is 3. The van der Waals surface area contributed by atoms with Crippen molar-refractivity contribution in [3.05, 3.63) is 106 Å². The van der Waals surface area contributed by atoms with E-state index in [0.29, 0.717) is 16.7 Å². The minimum Gasteiger partial charge on any atom is -0.390 e. The van der Waals surface area contributed by atoms with Crippen LogP contribution in [0, 0.1) is 30.9 Å². The summed E-state index contributed by atoms with van der Waals surface area (Å²) in [4.78, 5) is 29.6. The number of aliphatic hydroxyl groups is 1. The Kier molecular flexibility index (Phi) is 10.5. The fourth-order valence-corrected chi connectivity index (χ4v) is 4.53. The Morgan fingerprint density at radius 3 is 2.23 bits per heavy atom. The van der Waals surface area contributed by atoms with Gasteiger partial charge < -0.3 is 20.6 Å². The first-order valence-corrected chi connectivity index (χ1v) is 13.1. The normalized spacial score (nSPS) is 12.3. The first-order valence-electron chi connectivity index (χ1n) is 13.1. The molecule has 3 aromatic carbocycles. The summed E-state index contributed by atoms with van der Waals surface area (Å²) in [5, 5.41) is 11.0. The van der Waals surface area contributed by atoms with E-state index in [1.165, 1.54) is 15.9 Å². The van der Waals surface area contributed by atoms with Crippen LogP contribution in [0.3, 0.4) is 0 Å². The molecule has 2 atom stereocenters. The Hall–Kier alpha value is -4.06. The number of amides is 2. The summed E-state index contributed by atoms with van der Waals surface area (Å²) >= 11 is 0. The van der Waals surface area contributed by atoms with Crippen molar-refractivity contribution < 1.29 is 23.5 Å². The van der Waals surface area contributed by atoms with Crippen LogP contribution < -0.4 is 5.73 Å². The average molecular weight is 548 g/mol. The quantitative estimate of drug-likeness (QED) is 0.354. The molecular formula is C32H35F2N3O3. The number of carbonyl (C=O) groups is 2. The van der Waals surface area contributed by atoms with E-state index in [4.69, 9.17) is 12.2 Å². The van der Waals surface area contributed by atoms with Gasteiger partial charge in [0.2, 0.25) is 0 Å². The van der Waals surface area contributed by atoms with Gasteiger partial charge in [-0.1, -0.05) is 37.1 Å². The van der Waals surface area contributed by atoms with Crippen molar-refractivity contribution in [2.24, 2.45) is 5.73 Å². The third-order valence-corrected chi connectivity index (χ3v) is 6.60. The molecule has 0 bridgehead atoms. The maximum absolute atomic E-state index is 13.8. The van der Waals surface area contributed by atoms with Gasteiger partial charge in [-0.05, 0) is 72.4 Å². The fourth-order valence-electron chi connectivity index (χ4n) is 4.53. The zero-order chi connectivity index (χ0) is 29.4. The highest BCUT2D eigenvalue weighted by atomic mass is 19.1. The number of carbonyl (C=O) groups excluding carboxylic acids is 2. The standard InChI is InChI=1S/C32H35F2N3O3/c1-5-10-36(4)31(39)25-11-21(3)12-26(17-25)32(40)37(19-23-9-7-8-22(6-2)13-23)20-30(38)29(35)16-24-14-27(33)18-28(34)15-24/h1,7-9,11-15,17-18,29-30,38H,6,10,16,19-20,35H2,2-4H3/t29-,30+/m0/s1. The minimum atomic E-state index is -1.20. The topological polar surface area (TPSA) is 86.9 Å². The lowest BCUT2D eigenvalue weighted by Gasteiger charge is -2.29. The van der Waals surface area contributed by atoms with Gasteiger partial charge in [-0.25, -0.2) is 8.78 Å². The molecule has 0 aliphatic carbocycles. The Labute approximate surface area is 234 Å². The Bertz CT molecular complexity index is 1380. The van der Waals surface area contributed by atoms with Crippen molar-refractivity contribution >= 4 is 11.8 Å². The van der Waals surface area contributed by atoms with Gasteiger partial charge >= 0.3 is 0 Å². The van der Waals surface area contributed by atoms with Crippen molar-refractivity contribution in [2.75, 3.05) is 20.1 Å². The van der Waals surface area contributed by atoms with Crippen molar-refractivity contribution in [1.82, 2.24) is 9.80 Å². The number of nitrogens with two attached hydrogens (primary N) is 1. The van der Waals surface area contributed by atoms with Crippen LogP contribution in [0.25, 0.3) is 0 Å². The summed E-state index contributed by atoms with van der Waals surface area (Å²) in [5.74, 6) is 0.243. The van der Waals surface area contributed by atoms with Crippen LogP contribution in [0.15, 0.2) is 60.7 Å². The SMILES string of the molecule is C#CCN(C)C(=O)c1cc(C)cc(C(=O)N(Cc2cccc(CC)c2)C[C@@H](O)[C@@H](N)Cc2cc(F)cc(F)c2)c1. The van der Waals surface area contributed by atoms with Crippen molar-refractivity contribution in [1.29, 1.82) is 0 Å².